The van der Waals surface area contributed by atoms with E-state index in [1.165, 1.54) is 17.7 Å². The second-order valence-electron chi connectivity index (χ2n) is 5.93. The molecule has 0 amide bonds. The van der Waals surface area contributed by atoms with Gasteiger partial charge in [0.15, 0.2) is 0 Å². The molecule has 0 N–H and O–H groups in total. The molecule has 0 aliphatic carbocycles. The monoisotopic (exact) mass is 204 g/mol. The molecule has 0 saturated heterocycles. The Balaban J connectivity index is 2.63. The van der Waals surface area contributed by atoms with E-state index in [2.05, 4.69) is 59.1 Å². The topological polar surface area (TPSA) is 0 Å². The van der Waals surface area contributed by atoms with E-state index in [4.69, 9.17) is 0 Å². The average molecular weight is 204 g/mol. The number of hydrogen-bond donors (Lipinski definition) is 0. The number of fused-ring (bicyclic) bond motifs is 1. The van der Waals surface area contributed by atoms with Crippen molar-refractivity contribution >= 4 is 5.69 Å². The summed E-state index contributed by atoms with van der Waals surface area (Å²) in [4.78, 5) is 0. The smallest absolute Gasteiger partial charge is 0.136 e. The Morgan fingerprint density at radius 3 is 2.47 bits per heavy atom. The SMILES string of the molecule is C[C@H]1CC(C)(C)[N+](C)(C)c2ccccc21. The van der Waals surface area contributed by atoms with Crippen LogP contribution in [0.25, 0.3) is 0 Å². The van der Waals surface area contributed by atoms with Crippen LogP contribution in [-0.4, -0.2) is 19.6 Å². The van der Waals surface area contributed by atoms with E-state index in [-0.39, 0.29) is 0 Å². The highest BCUT2D eigenvalue weighted by molar-refractivity contribution is 5.55. The molecule has 82 valence electrons. The fourth-order valence-electron chi connectivity index (χ4n) is 2.83. The van der Waals surface area contributed by atoms with Crippen molar-refractivity contribution < 1.29 is 0 Å². The third-order valence-corrected chi connectivity index (χ3v) is 4.39. The zero-order valence-electron chi connectivity index (χ0n) is 10.5. The highest BCUT2D eigenvalue weighted by Gasteiger charge is 2.45. The molecule has 0 fully saturated rings. The molecule has 2 rings (SSSR count). The summed E-state index contributed by atoms with van der Waals surface area (Å²) >= 11 is 0. The van der Waals surface area contributed by atoms with Gasteiger partial charge in [0.25, 0.3) is 0 Å². The van der Waals surface area contributed by atoms with Crippen molar-refractivity contribution in [3.05, 3.63) is 29.8 Å². The molecule has 0 unspecified atom stereocenters. The van der Waals surface area contributed by atoms with Gasteiger partial charge in [0.1, 0.15) is 5.69 Å². The number of nitrogens with zero attached hydrogens (tertiary/aromatic N) is 1. The van der Waals surface area contributed by atoms with Crippen molar-refractivity contribution in [3.63, 3.8) is 0 Å². The number of benzene rings is 1. The molecule has 1 nitrogen and oxygen atoms in total. The predicted molar refractivity (Wildman–Crippen MR) is 67.2 cm³/mol. The number of hydrogen-bond acceptors (Lipinski definition) is 0. The minimum atomic E-state index is 0.327. The minimum absolute atomic E-state index is 0.327. The van der Waals surface area contributed by atoms with Crippen LogP contribution >= 0.6 is 0 Å². The molecule has 1 heteroatoms. The van der Waals surface area contributed by atoms with E-state index < -0.39 is 0 Å². The molecule has 1 aliphatic rings. The van der Waals surface area contributed by atoms with Crippen LogP contribution in [0.3, 0.4) is 0 Å². The van der Waals surface area contributed by atoms with Crippen LogP contribution in [0.4, 0.5) is 5.69 Å². The van der Waals surface area contributed by atoms with Gasteiger partial charge in [-0.1, -0.05) is 25.1 Å². The molecule has 0 saturated carbocycles. The van der Waals surface area contributed by atoms with E-state index >= 15 is 0 Å². The molecule has 1 aliphatic heterocycles. The lowest BCUT2D eigenvalue weighted by Gasteiger charge is -2.50. The van der Waals surface area contributed by atoms with Crippen molar-refractivity contribution in [2.75, 3.05) is 14.1 Å². The molecule has 1 aromatic carbocycles. The van der Waals surface area contributed by atoms with E-state index in [9.17, 15) is 0 Å². The Morgan fingerprint density at radius 2 is 1.80 bits per heavy atom. The summed E-state index contributed by atoms with van der Waals surface area (Å²) in [6.45, 7) is 7.10. The zero-order valence-corrected chi connectivity index (χ0v) is 10.5. The summed E-state index contributed by atoms with van der Waals surface area (Å²) in [5.74, 6) is 0.683. The molecule has 0 spiro atoms. The first-order chi connectivity index (χ1) is 6.86. The molecular formula is C14H22N+. The summed E-state index contributed by atoms with van der Waals surface area (Å²) < 4.78 is 0.994. The zero-order chi connectivity index (χ0) is 11.3. The lowest BCUT2D eigenvalue weighted by molar-refractivity contribution is 0.157. The van der Waals surface area contributed by atoms with E-state index in [0.29, 0.717) is 11.5 Å². The maximum atomic E-state index is 2.37. The van der Waals surface area contributed by atoms with Crippen molar-refractivity contribution in [3.8, 4) is 0 Å². The third kappa shape index (κ3) is 1.41. The molecular weight excluding hydrogens is 182 g/mol. The molecule has 1 heterocycles. The molecule has 0 radical (unpaired) electrons. The third-order valence-electron chi connectivity index (χ3n) is 4.39. The Bertz CT molecular complexity index is 377. The highest BCUT2D eigenvalue weighted by atomic mass is 15.4. The van der Waals surface area contributed by atoms with Gasteiger partial charge in [0, 0.05) is 12.0 Å². The maximum absolute atomic E-state index is 2.37. The molecule has 0 bridgehead atoms. The van der Waals surface area contributed by atoms with E-state index in [0.717, 1.165) is 4.48 Å². The highest BCUT2D eigenvalue weighted by Crippen LogP contribution is 2.45. The Kier molecular flexibility index (Phi) is 2.20. The summed E-state index contributed by atoms with van der Waals surface area (Å²) in [7, 11) is 4.65. The first kappa shape index (κ1) is 10.7. The molecule has 15 heavy (non-hydrogen) atoms. The number of para-hydroxylation sites is 1. The van der Waals surface area contributed by atoms with Gasteiger partial charge in [-0.05, 0) is 25.8 Å². The normalized spacial score (nSPS) is 27.1. The van der Waals surface area contributed by atoms with Gasteiger partial charge in [-0.25, -0.2) is 0 Å². The van der Waals surface area contributed by atoms with Gasteiger partial charge < -0.3 is 0 Å². The van der Waals surface area contributed by atoms with Crippen molar-refractivity contribution in [2.24, 2.45) is 0 Å². The second-order valence-corrected chi connectivity index (χ2v) is 5.93. The summed E-state index contributed by atoms with van der Waals surface area (Å²) in [6, 6.07) is 8.89. The van der Waals surface area contributed by atoms with Crippen LogP contribution in [-0.2, 0) is 0 Å². The average Bonchev–Trinajstić information content (AvgIpc) is 2.15. The van der Waals surface area contributed by atoms with Crippen molar-refractivity contribution in [1.82, 2.24) is 4.48 Å². The fourth-order valence-corrected chi connectivity index (χ4v) is 2.83. The van der Waals surface area contributed by atoms with Gasteiger partial charge >= 0.3 is 0 Å². The van der Waals surface area contributed by atoms with E-state index in [1.807, 2.05) is 0 Å². The summed E-state index contributed by atoms with van der Waals surface area (Å²) in [6.07, 6.45) is 1.26. The first-order valence-corrected chi connectivity index (χ1v) is 5.80. The van der Waals surface area contributed by atoms with Crippen LogP contribution in [0.1, 0.15) is 38.7 Å². The van der Waals surface area contributed by atoms with Gasteiger partial charge in [-0.2, -0.15) is 0 Å². The summed E-state index contributed by atoms with van der Waals surface area (Å²) in [5, 5.41) is 0. The number of quaternary nitrogens is 1. The summed E-state index contributed by atoms with van der Waals surface area (Å²) in [5.41, 5.74) is 3.34. The quantitative estimate of drug-likeness (QED) is 0.567. The first-order valence-electron chi connectivity index (χ1n) is 5.80. The van der Waals surface area contributed by atoms with Crippen LogP contribution in [0, 0.1) is 0 Å². The lowest BCUT2D eigenvalue weighted by Crippen LogP contribution is -2.60. The standard InChI is InChI=1S/C14H22N/c1-11-10-14(2,3)15(4,5)13-9-7-6-8-12(11)13/h6-9,11H,10H2,1-5H3/q+1/t11-/m0/s1. The van der Waals surface area contributed by atoms with Crippen LogP contribution in [0.2, 0.25) is 0 Å². The van der Waals surface area contributed by atoms with Crippen molar-refractivity contribution in [2.45, 2.75) is 38.6 Å². The Morgan fingerprint density at radius 1 is 1.20 bits per heavy atom. The fraction of sp³-hybridized carbons (Fsp3) is 0.571. The van der Waals surface area contributed by atoms with Gasteiger partial charge in [-0.3, -0.25) is 4.48 Å². The van der Waals surface area contributed by atoms with Crippen LogP contribution < -0.4 is 4.48 Å². The molecule has 1 aromatic rings. The van der Waals surface area contributed by atoms with Gasteiger partial charge in [-0.15, -0.1) is 0 Å². The Hall–Kier alpha value is -0.820. The lowest BCUT2D eigenvalue weighted by atomic mass is 9.78. The maximum Gasteiger partial charge on any atom is 0.136 e. The number of rotatable bonds is 0. The molecule has 1 atom stereocenters. The largest absolute Gasteiger partial charge is 0.291 e. The molecule has 0 aromatic heterocycles. The minimum Gasteiger partial charge on any atom is -0.291 e. The van der Waals surface area contributed by atoms with Crippen LogP contribution in [0.5, 0.6) is 0 Å². The predicted octanol–water partition coefficient (Wildman–Crippen LogP) is 3.54. The Labute approximate surface area is 93.3 Å². The van der Waals surface area contributed by atoms with E-state index in [1.54, 1.807) is 0 Å². The van der Waals surface area contributed by atoms with Gasteiger partial charge in [0.2, 0.25) is 0 Å². The van der Waals surface area contributed by atoms with Crippen LogP contribution in [0.15, 0.2) is 24.3 Å². The second kappa shape index (κ2) is 3.08. The van der Waals surface area contributed by atoms with Gasteiger partial charge in [0.05, 0.1) is 19.6 Å². The van der Waals surface area contributed by atoms with Crippen molar-refractivity contribution in [1.29, 1.82) is 0 Å².